The lowest BCUT2D eigenvalue weighted by atomic mass is 9.98. The Morgan fingerprint density at radius 2 is 2.55 bits per heavy atom. The van der Waals surface area contributed by atoms with Crippen LogP contribution < -0.4 is 5.32 Å². The summed E-state index contributed by atoms with van der Waals surface area (Å²) in [4.78, 5) is 2.67. The molecule has 0 spiro atoms. The quantitative estimate of drug-likeness (QED) is 0.246. The second-order valence-electron chi connectivity index (χ2n) is 2.64. The predicted octanol–water partition coefficient (Wildman–Crippen LogP) is -0.756. The zero-order chi connectivity index (χ0) is 8.10. The van der Waals surface area contributed by atoms with Crippen LogP contribution in [0.3, 0.4) is 0 Å². The van der Waals surface area contributed by atoms with Crippen molar-refractivity contribution in [2.45, 2.75) is 12.1 Å². The van der Waals surface area contributed by atoms with Crippen LogP contribution in [0.4, 0.5) is 0 Å². The lowest BCUT2D eigenvalue weighted by Crippen LogP contribution is -2.46. The Kier molecular flexibility index (Phi) is 3.23. The summed E-state index contributed by atoms with van der Waals surface area (Å²) in [5, 5.41) is 6.63. The third-order valence-corrected chi connectivity index (χ3v) is 1.58. The Labute approximate surface area is 66.1 Å². The molecule has 1 heterocycles. The van der Waals surface area contributed by atoms with Gasteiger partial charge in [-0.1, -0.05) is 5.11 Å². The first-order chi connectivity index (χ1) is 5.33. The first kappa shape index (κ1) is 8.39. The molecule has 1 saturated heterocycles. The number of nitrogens with zero attached hydrogens (tertiary/aromatic N) is 3. The van der Waals surface area contributed by atoms with E-state index in [1.54, 1.807) is 0 Å². The molecule has 1 rings (SSSR count). The van der Waals surface area contributed by atoms with Gasteiger partial charge in [0.25, 0.3) is 0 Å². The number of azide groups is 1. The molecule has 1 N–H and O–H groups in total. The van der Waals surface area contributed by atoms with Gasteiger partial charge < -0.3 is 10.1 Å². The van der Waals surface area contributed by atoms with Crippen molar-refractivity contribution in [1.82, 2.24) is 5.32 Å². The van der Waals surface area contributed by atoms with Gasteiger partial charge in [0.2, 0.25) is 0 Å². The van der Waals surface area contributed by atoms with Crippen molar-refractivity contribution >= 4 is 7.85 Å². The lowest BCUT2D eigenvalue weighted by molar-refractivity contribution is 0.0104. The molecule has 0 amide bonds. The summed E-state index contributed by atoms with van der Waals surface area (Å²) < 4.78 is 5.46. The zero-order valence-corrected chi connectivity index (χ0v) is 6.53. The molecule has 60 valence electrons. The fourth-order valence-corrected chi connectivity index (χ4v) is 1.11. The Bertz CT molecular complexity index is 170. The largest absolute Gasteiger partial charge is 0.381 e. The van der Waals surface area contributed by atoms with E-state index in [2.05, 4.69) is 15.3 Å². The Morgan fingerprint density at radius 3 is 3.18 bits per heavy atom. The smallest absolute Gasteiger partial charge is 0.140 e. The Balaban J connectivity index is 2.27. The molecule has 0 radical (unpaired) electrons. The second-order valence-corrected chi connectivity index (χ2v) is 2.64. The minimum atomic E-state index is 0.0506. The van der Waals surface area contributed by atoms with Crippen LogP contribution in [0.25, 0.3) is 10.4 Å². The fourth-order valence-electron chi connectivity index (χ4n) is 1.11. The molecule has 0 aromatic carbocycles. The highest BCUT2D eigenvalue weighted by Crippen LogP contribution is 2.00. The molecule has 2 unspecified atom stereocenters. The van der Waals surface area contributed by atoms with Gasteiger partial charge in [0, 0.05) is 24.0 Å². The number of nitrogens with one attached hydrogen (secondary N) is 1. The molecule has 1 fully saturated rings. The van der Waals surface area contributed by atoms with E-state index in [4.69, 9.17) is 10.3 Å². The molecular formula is C5H11BN4O. The van der Waals surface area contributed by atoms with Crippen molar-refractivity contribution in [3.63, 3.8) is 0 Å². The number of morpholine rings is 1. The van der Waals surface area contributed by atoms with Gasteiger partial charge in [-0.2, -0.15) is 0 Å². The van der Waals surface area contributed by atoms with Crippen LogP contribution in [-0.2, 0) is 4.74 Å². The molecule has 0 aliphatic carbocycles. The van der Waals surface area contributed by atoms with Crippen LogP contribution in [0.5, 0.6) is 0 Å². The standard InChI is InChI=1S/C5H11BN4O/c6-5-3-8-1-4(11-5)2-9-10-7/h4-5,8H,1-3,6H2. The first-order valence-corrected chi connectivity index (χ1v) is 3.70. The van der Waals surface area contributed by atoms with Crippen molar-refractivity contribution < 1.29 is 4.74 Å². The molecule has 6 heteroatoms. The number of ether oxygens (including phenoxy) is 1. The van der Waals surface area contributed by atoms with Crippen LogP contribution in [0.2, 0.25) is 0 Å². The highest BCUT2D eigenvalue weighted by Gasteiger charge is 2.16. The fraction of sp³-hybridized carbons (Fsp3) is 1.00. The molecule has 5 nitrogen and oxygen atoms in total. The minimum absolute atomic E-state index is 0.0506. The van der Waals surface area contributed by atoms with E-state index in [0.717, 1.165) is 13.1 Å². The average molecular weight is 154 g/mol. The van der Waals surface area contributed by atoms with Crippen molar-refractivity contribution in [3.8, 4) is 0 Å². The van der Waals surface area contributed by atoms with Crippen molar-refractivity contribution in [1.29, 1.82) is 0 Å². The third-order valence-electron chi connectivity index (χ3n) is 1.58. The monoisotopic (exact) mass is 154 g/mol. The maximum Gasteiger partial charge on any atom is 0.140 e. The summed E-state index contributed by atoms with van der Waals surface area (Å²) in [5.74, 6) is 0. The number of rotatable bonds is 2. The molecule has 1 aliphatic heterocycles. The molecule has 0 aromatic heterocycles. The number of hydrogen-bond acceptors (Lipinski definition) is 3. The number of hydrogen-bond donors (Lipinski definition) is 1. The van der Waals surface area contributed by atoms with Crippen LogP contribution >= 0.6 is 0 Å². The van der Waals surface area contributed by atoms with E-state index in [1.807, 2.05) is 7.85 Å². The molecule has 0 aromatic rings. The van der Waals surface area contributed by atoms with Crippen molar-refractivity contribution in [3.05, 3.63) is 10.4 Å². The molecule has 2 atom stereocenters. The van der Waals surface area contributed by atoms with Gasteiger partial charge in [-0.15, -0.1) is 0 Å². The highest BCUT2D eigenvalue weighted by atomic mass is 16.5. The van der Waals surface area contributed by atoms with Crippen LogP contribution in [0, 0.1) is 0 Å². The Hall–Kier alpha value is -0.705. The Morgan fingerprint density at radius 1 is 1.73 bits per heavy atom. The van der Waals surface area contributed by atoms with Gasteiger partial charge in [0.05, 0.1) is 12.6 Å². The van der Waals surface area contributed by atoms with E-state index in [0.29, 0.717) is 6.54 Å². The normalized spacial score (nSPS) is 30.9. The van der Waals surface area contributed by atoms with E-state index in [1.165, 1.54) is 0 Å². The first-order valence-electron chi connectivity index (χ1n) is 3.70. The van der Waals surface area contributed by atoms with Gasteiger partial charge in [0.1, 0.15) is 7.85 Å². The SMILES string of the molecule is BC1CNCC(CN=[N+]=[N-])O1. The van der Waals surface area contributed by atoms with Gasteiger partial charge in [-0.05, 0) is 5.53 Å². The van der Waals surface area contributed by atoms with E-state index in [9.17, 15) is 0 Å². The van der Waals surface area contributed by atoms with Gasteiger partial charge in [-0.25, -0.2) is 0 Å². The lowest BCUT2D eigenvalue weighted by Gasteiger charge is -2.27. The summed E-state index contributed by atoms with van der Waals surface area (Å²) in [5.41, 5.74) is 8.05. The summed E-state index contributed by atoms with van der Waals surface area (Å²) in [6.45, 7) is 2.09. The molecule has 1 aliphatic rings. The third kappa shape index (κ3) is 2.80. The average Bonchev–Trinajstić information content (AvgIpc) is 2.01. The van der Waals surface area contributed by atoms with E-state index < -0.39 is 0 Å². The maximum atomic E-state index is 8.05. The molecule has 0 bridgehead atoms. The summed E-state index contributed by atoms with van der Waals surface area (Å²) >= 11 is 0. The highest BCUT2D eigenvalue weighted by molar-refractivity contribution is 6.11. The zero-order valence-electron chi connectivity index (χ0n) is 6.53. The van der Waals surface area contributed by atoms with Crippen LogP contribution in [-0.4, -0.2) is 39.6 Å². The molecule has 11 heavy (non-hydrogen) atoms. The van der Waals surface area contributed by atoms with Gasteiger partial charge in [-0.3, -0.25) is 0 Å². The van der Waals surface area contributed by atoms with Crippen molar-refractivity contribution in [2.75, 3.05) is 19.6 Å². The maximum absolute atomic E-state index is 8.05. The van der Waals surface area contributed by atoms with E-state index in [-0.39, 0.29) is 12.1 Å². The molecule has 0 saturated carbocycles. The van der Waals surface area contributed by atoms with E-state index >= 15 is 0 Å². The summed E-state index contributed by atoms with van der Waals surface area (Å²) in [6.07, 6.45) is 0.0506. The summed E-state index contributed by atoms with van der Waals surface area (Å²) in [6, 6.07) is 0.225. The van der Waals surface area contributed by atoms with Gasteiger partial charge in [0.15, 0.2) is 0 Å². The topological polar surface area (TPSA) is 70.0 Å². The van der Waals surface area contributed by atoms with Crippen molar-refractivity contribution in [2.24, 2.45) is 5.11 Å². The van der Waals surface area contributed by atoms with Gasteiger partial charge >= 0.3 is 0 Å². The predicted molar refractivity (Wildman–Crippen MR) is 44.1 cm³/mol. The second kappa shape index (κ2) is 4.23. The summed E-state index contributed by atoms with van der Waals surface area (Å²) in [7, 11) is 2.00. The molecular weight excluding hydrogens is 143 g/mol. The van der Waals surface area contributed by atoms with Crippen LogP contribution in [0.1, 0.15) is 0 Å². The van der Waals surface area contributed by atoms with Crippen LogP contribution in [0.15, 0.2) is 5.11 Å². The minimum Gasteiger partial charge on any atom is -0.381 e.